The number of hydrogen-bond acceptors (Lipinski definition) is 4. The number of hydrogen-bond donors (Lipinski definition) is 0. The molecule has 27 heavy (non-hydrogen) atoms. The van der Waals surface area contributed by atoms with E-state index in [1.54, 1.807) is 13.0 Å². The van der Waals surface area contributed by atoms with Gasteiger partial charge in [-0.15, -0.1) is 0 Å². The first-order chi connectivity index (χ1) is 12.9. The van der Waals surface area contributed by atoms with Gasteiger partial charge in [-0.3, -0.25) is 14.5 Å². The van der Waals surface area contributed by atoms with E-state index in [1.165, 1.54) is 4.90 Å². The van der Waals surface area contributed by atoms with Crippen molar-refractivity contribution in [3.63, 3.8) is 0 Å². The third kappa shape index (κ3) is 4.99. The van der Waals surface area contributed by atoms with E-state index in [9.17, 15) is 9.59 Å². The quantitative estimate of drug-likeness (QED) is 0.294. The molecule has 0 spiro atoms. The van der Waals surface area contributed by atoms with Crippen molar-refractivity contribution in [1.29, 1.82) is 0 Å². The van der Waals surface area contributed by atoms with Crippen molar-refractivity contribution in [2.45, 2.75) is 13.5 Å². The number of likely N-dealkylation sites (N-methyl/N-ethyl adjacent to an activating group) is 1. The van der Waals surface area contributed by atoms with Gasteiger partial charge in [0.25, 0.3) is 11.1 Å². The Morgan fingerprint density at radius 1 is 1.15 bits per heavy atom. The number of carbonyl (C=O) groups is 2. The van der Waals surface area contributed by atoms with Crippen LogP contribution in [-0.4, -0.2) is 22.6 Å². The molecule has 2 amide bonds. The Hall–Kier alpha value is -0.780. The fraction of sp³-hybridized carbons (Fsp3) is 0.158. The molecule has 140 valence electrons. The van der Waals surface area contributed by atoms with Crippen molar-refractivity contribution in [2.24, 2.45) is 0 Å². The van der Waals surface area contributed by atoms with Gasteiger partial charge in [-0.25, -0.2) is 0 Å². The van der Waals surface area contributed by atoms with Gasteiger partial charge in [0.1, 0.15) is 12.4 Å². The predicted octanol–water partition coefficient (Wildman–Crippen LogP) is 6.18. The normalized spacial score (nSPS) is 15.7. The van der Waals surface area contributed by atoms with Gasteiger partial charge in [-0.05, 0) is 105 Å². The van der Waals surface area contributed by atoms with E-state index >= 15 is 0 Å². The van der Waals surface area contributed by atoms with Crippen LogP contribution in [0.15, 0.2) is 41.3 Å². The van der Waals surface area contributed by atoms with E-state index in [1.807, 2.05) is 36.4 Å². The van der Waals surface area contributed by atoms with Crippen molar-refractivity contribution < 1.29 is 14.3 Å². The van der Waals surface area contributed by atoms with Crippen LogP contribution in [0.3, 0.4) is 0 Å². The molecule has 0 bridgehead atoms. The molecule has 1 aliphatic rings. The molecule has 0 radical (unpaired) electrons. The minimum atomic E-state index is -0.236. The molecule has 3 rings (SSSR count). The fourth-order valence-electron chi connectivity index (χ4n) is 2.46. The van der Waals surface area contributed by atoms with Crippen LogP contribution >= 0.6 is 68.5 Å². The SMILES string of the molecule is CCN1C(=O)S/C(=C/c2cc(I)c(OCc3ccc(Cl)cc3)c(I)c2)C1=O. The highest BCUT2D eigenvalue weighted by molar-refractivity contribution is 14.1. The van der Waals surface area contributed by atoms with Crippen molar-refractivity contribution >= 4 is 85.8 Å². The van der Waals surface area contributed by atoms with E-state index < -0.39 is 0 Å². The molecule has 0 saturated carbocycles. The largest absolute Gasteiger partial charge is 0.487 e. The topological polar surface area (TPSA) is 46.6 Å². The molecule has 0 N–H and O–H groups in total. The molecule has 1 saturated heterocycles. The molecule has 4 nitrogen and oxygen atoms in total. The average Bonchev–Trinajstić information content (AvgIpc) is 2.88. The van der Waals surface area contributed by atoms with Crippen LogP contribution < -0.4 is 4.74 Å². The second-order valence-corrected chi connectivity index (χ2v) is 9.41. The van der Waals surface area contributed by atoms with Crippen LogP contribution in [0.5, 0.6) is 5.75 Å². The Bertz CT molecular complexity index is 908. The summed E-state index contributed by atoms with van der Waals surface area (Å²) >= 11 is 11.3. The number of carbonyl (C=O) groups excluding carboxylic acids is 2. The summed E-state index contributed by atoms with van der Waals surface area (Å²) in [5.74, 6) is 0.561. The molecule has 2 aromatic carbocycles. The van der Waals surface area contributed by atoms with Gasteiger partial charge in [0.2, 0.25) is 0 Å². The standard InChI is InChI=1S/C19H14ClI2NO3S/c1-2-23-18(24)16(27-19(23)25)9-12-7-14(21)17(15(22)8-12)26-10-11-3-5-13(20)6-4-11/h3-9H,2,10H2,1H3/b16-9+. The Morgan fingerprint density at radius 3 is 2.33 bits per heavy atom. The molecule has 1 heterocycles. The summed E-state index contributed by atoms with van der Waals surface area (Å²) in [6, 6.07) is 11.4. The first kappa shape index (κ1) is 20.9. The van der Waals surface area contributed by atoms with Crippen molar-refractivity contribution in [3.8, 4) is 5.75 Å². The number of benzene rings is 2. The highest BCUT2D eigenvalue weighted by Crippen LogP contribution is 2.34. The molecular formula is C19H14ClI2NO3S. The molecule has 1 aliphatic heterocycles. The highest BCUT2D eigenvalue weighted by atomic mass is 127. The summed E-state index contributed by atoms with van der Waals surface area (Å²) in [7, 11) is 0. The molecular weight excluding hydrogens is 612 g/mol. The number of thioether (sulfide) groups is 1. The summed E-state index contributed by atoms with van der Waals surface area (Å²) in [5, 5.41) is 0.473. The first-order valence-corrected chi connectivity index (χ1v) is 11.4. The Kier molecular flexibility index (Phi) is 7.09. The Labute approximate surface area is 193 Å². The average molecular weight is 626 g/mol. The zero-order valence-corrected chi connectivity index (χ0v) is 20.1. The summed E-state index contributed by atoms with van der Waals surface area (Å²) in [6.45, 7) is 2.62. The molecule has 0 atom stereocenters. The smallest absolute Gasteiger partial charge is 0.293 e. The zero-order chi connectivity index (χ0) is 19.6. The second-order valence-electron chi connectivity index (χ2n) is 5.65. The Morgan fingerprint density at radius 2 is 1.78 bits per heavy atom. The van der Waals surface area contributed by atoms with Crippen LogP contribution in [0, 0.1) is 7.14 Å². The van der Waals surface area contributed by atoms with E-state index in [0.29, 0.717) is 23.1 Å². The van der Waals surface area contributed by atoms with Gasteiger partial charge in [0.15, 0.2) is 0 Å². The zero-order valence-electron chi connectivity index (χ0n) is 14.2. The van der Waals surface area contributed by atoms with Crippen LogP contribution in [0.25, 0.3) is 6.08 Å². The lowest BCUT2D eigenvalue weighted by molar-refractivity contribution is -0.122. The maximum atomic E-state index is 12.2. The molecule has 8 heteroatoms. The first-order valence-electron chi connectivity index (χ1n) is 8.00. The van der Waals surface area contributed by atoms with E-state index in [-0.39, 0.29) is 11.1 Å². The predicted molar refractivity (Wildman–Crippen MR) is 126 cm³/mol. The van der Waals surface area contributed by atoms with E-state index in [2.05, 4.69) is 45.2 Å². The number of ether oxygens (including phenoxy) is 1. The van der Waals surface area contributed by atoms with Gasteiger partial charge in [-0.1, -0.05) is 23.7 Å². The lowest BCUT2D eigenvalue weighted by Gasteiger charge is -2.12. The number of nitrogens with zero attached hydrogens (tertiary/aromatic N) is 1. The summed E-state index contributed by atoms with van der Waals surface area (Å²) in [4.78, 5) is 25.8. The maximum absolute atomic E-state index is 12.2. The van der Waals surface area contributed by atoms with Gasteiger partial charge >= 0.3 is 0 Å². The van der Waals surface area contributed by atoms with Gasteiger partial charge < -0.3 is 4.74 Å². The Balaban J connectivity index is 1.79. The minimum absolute atomic E-state index is 0.221. The minimum Gasteiger partial charge on any atom is -0.487 e. The van der Waals surface area contributed by atoms with Crippen molar-refractivity contribution in [2.75, 3.05) is 6.54 Å². The third-order valence-corrected chi connectivity index (χ3v) is 6.57. The molecule has 0 aromatic heterocycles. The van der Waals surface area contributed by atoms with Gasteiger partial charge in [0.05, 0.1) is 12.0 Å². The number of halogens is 3. The third-order valence-electron chi connectivity index (χ3n) is 3.80. The van der Waals surface area contributed by atoms with Gasteiger partial charge in [0, 0.05) is 11.6 Å². The van der Waals surface area contributed by atoms with Gasteiger partial charge in [-0.2, -0.15) is 0 Å². The molecule has 0 aliphatic carbocycles. The number of imide groups is 1. The van der Waals surface area contributed by atoms with E-state index in [0.717, 1.165) is 35.8 Å². The van der Waals surface area contributed by atoms with Crippen LogP contribution in [0.2, 0.25) is 5.02 Å². The second kappa shape index (κ2) is 9.15. The summed E-state index contributed by atoms with van der Waals surface area (Å²) < 4.78 is 7.86. The lowest BCUT2D eigenvalue weighted by Crippen LogP contribution is -2.27. The lowest BCUT2D eigenvalue weighted by atomic mass is 10.2. The van der Waals surface area contributed by atoms with Crippen molar-refractivity contribution in [3.05, 3.63) is 64.6 Å². The molecule has 0 unspecified atom stereocenters. The summed E-state index contributed by atoms with van der Waals surface area (Å²) in [5.41, 5.74) is 1.90. The molecule has 1 fully saturated rings. The van der Waals surface area contributed by atoms with E-state index in [4.69, 9.17) is 16.3 Å². The van der Waals surface area contributed by atoms with Crippen LogP contribution in [-0.2, 0) is 11.4 Å². The highest BCUT2D eigenvalue weighted by Gasteiger charge is 2.33. The fourth-order valence-corrected chi connectivity index (χ4v) is 5.62. The maximum Gasteiger partial charge on any atom is 0.293 e. The van der Waals surface area contributed by atoms with Crippen LogP contribution in [0.1, 0.15) is 18.1 Å². The number of amides is 2. The molecule has 2 aromatic rings. The summed E-state index contributed by atoms with van der Waals surface area (Å²) in [6.07, 6.45) is 1.76. The monoisotopic (exact) mass is 625 g/mol. The van der Waals surface area contributed by atoms with Crippen molar-refractivity contribution in [1.82, 2.24) is 4.90 Å². The van der Waals surface area contributed by atoms with Crippen LogP contribution in [0.4, 0.5) is 4.79 Å². The number of rotatable bonds is 5.